The lowest BCUT2D eigenvalue weighted by Crippen LogP contribution is -2.32. The van der Waals surface area contributed by atoms with Crippen LogP contribution in [0.25, 0.3) is 0 Å². The lowest BCUT2D eigenvalue weighted by Gasteiger charge is -2.23. The van der Waals surface area contributed by atoms with Crippen LogP contribution in [0.1, 0.15) is 28.8 Å². The first-order valence-corrected chi connectivity index (χ1v) is 7.80. The number of carbonyl (C=O) groups is 1. The Kier molecular flexibility index (Phi) is 4.37. The second-order valence-corrected chi connectivity index (χ2v) is 6.26. The molecule has 2 aromatic rings. The molecule has 1 aliphatic carbocycles. The number of amides is 1. The Morgan fingerprint density at radius 1 is 1.18 bits per heavy atom. The third kappa shape index (κ3) is 3.42. The third-order valence-corrected chi connectivity index (χ3v) is 4.21. The molecule has 0 saturated heterocycles. The minimum Gasteiger partial charge on any atom is -0.331 e. The Morgan fingerprint density at radius 2 is 1.95 bits per heavy atom. The molecule has 5 heteroatoms. The Labute approximate surface area is 138 Å². The van der Waals surface area contributed by atoms with E-state index in [9.17, 15) is 9.18 Å². The third-order valence-electron chi connectivity index (χ3n) is 3.65. The van der Waals surface area contributed by atoms with E-state index in [1.54, 1.807) is 29.2 Å². The van der Waals surface area contributed by atoms with Crippen molar-refractivity contribution in [2.45, 2.75) is 25.4 Å². The zero-order chi connectivity index (χ0) is 15.7. The molecule has 0 radical (unpaired) electrons. The summed E-state index contributed by atoms with van der Waals surface area (Å²) in [5, 5.41) is 0.841. The summed E-state index contributed by atoms with van der Waals surface area (Å²) in [5.74, 6) is -0.472. The number of rotatable bonds is 4. The van der Waals surface area contributed by atoms with E-state index in [1.807, 2.05) is 6.07 Å². The van der Waals surface area contributed by atoms with Crippen molar-refractivity contribution < 1.29 is 9.18 Å². The van der Waals surface area contributed by atoms with Crippen LogP contribution in [0.3, 0.4) is 0 Å². The molecule has 1 amide bonds. The lowest BCUT2D eigenvalue weighted by atomic mass is 10.1. The van der Waals surface area contributed by atoms with Crippen LogP contribution >= 0.6 is 23.2 Å². The first kappa shape index (κ1) is 15.3. The predicted octanol–water partition coefficient (Wildman–Crippen LogP) is 4.94. The van der Waals surface area contributed by atoms with Crippen LogP contribution in [-0.2, 0) is 6.54 Å². The quantitative estimate of drug-likeness (QED) is 0.773. The molecule has 3 rings (SSSR count). The summed E-state index contributed by atoms with van der Waals surface area (Å²) in [6.45, 7) is 0.365. The number of benzene rings is 2. The largest absolute Gasteiger partial charge is 0.331 e. The molecule has 0 aromatic heterocycles. The average Bonchev–Trinajstić information content (AvgIpc) is 3.31. The van der Waals surface area contributed by atoms with Crippen LogP contribution in [0.5, 0.6) is 0 Å². The van der Waals surface area contributed by atoms with Crippen LogP contribution in [-0.4, -0.2) is 16.8 Å². The van der Waals surface area contributed by atoms with Crippen molar-refractivity contribution >= 4 is 29.1 Å². The second-order valence-electron chi connectivity index (χ2n) is 5.42. The molecule has 2 nitrogen and oxygen atoms in total. The first-order valence-electron chi connectivity index (χ1n) is 7.05. The Bertz CT molecular complexity index is 716. The van der Waals surface area contributed by atoms with E-state index in [1.165, 1.54) is 12.1 Å². The number of hydrogen-bond donors (Lipinski definition) is 0. The molecule has 0 spiro atoms. The Hall–Kier alpha value is -1.58. The fourth-order valence-corrected chi connectivity index (χ4v) is 2.77. The number of nitrogens with zero attached hydrogens (tertiary/aromatic N) is 1. The predicted molar refractivity (Wildman–Crippen MR) is 85.8 cm³/mol. The first-order chi connectivity index (χ1) is 10.5. The molecule has 1 saturated carbocycles. The maximum Gasteiger partial charge on any atom is 0.255 e. The van der Waals surface area contributed by atoms with Gasteiger partial charge in [0.25, 0.3) is 5.91 Å². The average molecular weight is 338 g/mol. The molecule has 0 unspecified atom stereocenters. The van der Waals surface area contributed by atoms with Crippen LogP contribution in [0.4, 0.5) is 4.39 Å². The molecular weight excluding hydrogens is 324 g/mol. The molecule has 1 aliphatic rings. The van der Waals surface area contributed by atoms with Crippen LogP contribution < -0.4 is 0 Å². The van der Waals surface area contributed by atoms with E-state index in [0.717, 1.165) is 18.4 Å². The van der Waals surface area contributed by atoms with Crippen LogP contribution in [0, 0.1) is 5.82 Å². The lowest BCUT2D eigenvalue weighted by molar-refractivity contribution is 0.0730. The Morgan fingerprint density at radius 3 is 2.64 bits per heavy atom. The molecule has 0 atom stereocenters. The van der Waals surface area contributed by atoms with E-state index >= 15 is 0 Å². The fraction of sp³-hybridized carbons (Fsp3) is 0.235. The highest BCUT2D eigenvalue weighted by Crippen LogP contribution is 2.32. The molecule has 2 aromatic carbocycles. The standard InChI is InChI=1S/C17H14Cl2FNO/c18-12-4-7-16(19)15(9-12)17(22)21(14-5-6-14)10-11-2-1-3-13(20)8-11/h1-4,7-9,14H,5-6,10H2. The van der Waals surface area contributed by atoms with Crippen molar-refractivity contribution in [3.05, 3.63) is 69.5 Å². The van der Waals surface area contributed by atoms with Gasteiger partial charge in [-0.2, -0.15) is 0 Å². The molecule has 1 fully saturated rings. The van der Waals surface area contributed by atoms with E-state index in [0.29, 0.717) is 22.2 Å². The molecule has 0 heterocycles. The minimum absolute atomic E-state index is 0.167. The van der Waals surface area contributed by atoms with E-state index in [-0.39, 0.29) is 17.8 Å². The Balaban J connectivity index is 1.88. The molecule has 0 N–H and O–H groups in total. The number of halogens is 3. The van der Waals surface area contributed by atoms with Gasteiger partial charge in [0.05, 0.1) is 10.6 Å². The van der Waals surface area contributed by atoms with Gasteiger partial charge < -0.3 is 4.90 Å². The summed E-state index contributed by atoms with van der Waals surface area (Å²) in [7, 11) is 0. The van der Waals surface area contributed by atoms with Gasteiger partial charge in [-0.05, 0) is 48.7 Å². The number of hydrogen-bond acceptors (Lipinski definition) is 1. The molecule has 114 valence electrons. The molecular formula is C17H14Cl2FNO. The SMILES string of the molecule is O=C(c1cc(Cl)ccc1Cl)N(Cc1cccc(F)c1)C1CC1. The van der Waals surface area contributed by atoms with Crippen molar-refractivity contribution in [2.24, 2.45) is 0 Å². The van der Waals surface area contributed by atoms with Gasteiger partial charge in [-0.1, -0.05) is 35.3 Å². The molecule has 0 aliphatic heterocycles. The zero-order valence-corrected chi connectivity index (χ0v) is 13.2. The highest BCUT2D eigenvalue weighted by Gasteiger charge is 2.33. The summed E-state index contributed by atoms with van der Waals surface area (Å²) in [6, 6.07) is 11.3. The van der Waals surface area contributed by atoms with Crippen LogP contribution in [0.15, 0.2) is 42.5 Å². The summed E-state index contributed by atoms with van der Waals surface area (Å²) in [6.07, 6.45) is 1.92. The molecule has 0 bridgehead atoms. The van der Waals surface area contributed by atoms with Crippen molar-refractivity contribution in [3.63, 3.8) is 0 Å². The highest BCUT2D eigenvalue weighted by atomic mass is 35.5. The van der Waals surface area contributed by atoms with Crippen molar-refractivity contribution in [3.8, 4) is 0 Å². The maximum absolute atomic E-state index is 13.3. The summed E-state index contributed by atoms with van der Waals surface area (Å²) in [4.78, 5) is 14.5. The monoisotopic (exact) mass is 337 g/mol. The van der Waals surface area contributed by atoms with Crippen molar-refractivity contribution in [2.75, 3.05) is 0 Å². The highest BCUT2D eigenvalue weighted by molar-refractivity contribution is 6.35. The van der Waals surface area contributed by atoms with Gasteiger partial charge in [0.1, 0.15) is 5.82 Å². The van der Waals surface area contributed by atoms with E-state index < -0.39 is 0 Å². The van der Waals surface area contributed by atoms with Gasteiger partial charge >= 0.3 is 0 Å². The zero-order valence-electron chi connectivity index (χ0n) is 11.7. The number of carbonyl (C=O) groups excluding carboxylic acids is 1. The minimum atomic E-state index is -0.304. The fourth-order valence-electron chi connectivity index (χ4n) is 2.40. The van der Waals surface area contributed by atoms with Gasteiger partial charge in [-0.3, -0.25) is 4.79 Å². The van der Waals surface area contributed by atoms with Gasteiger partial charge in [-0.15, -0.1) is 0 Å². The smallest absolute Gasteiger partial charge is 0.255 e. The van der Waals surface area contributed by atoms with E-state index in [2.05, 4.69) is 0 Å². The van der Waals surface area contributed by atoms with Crippen LogP contribution in [0.2, 0.25) is 10.0 Å². The van der Waals surface area contributed by atoms with Crippen molar-refractivity contribution in [1.29, 1.82) is 0 Å². The topological polar surface area (TPSA) is 20.3 Å². The summed E-state index contributed by atoms with van der Waals surface area (Å²) in [5.41, 5.74) is 1.15. The van der Waals surface area contributed by atoms with E-state index in [4.69, 9.17) is 23.2 Å². The van der Waals surface area contributed by atoms with Gasteiger partial charge in [0, 0.05) is 17.6 Å². The van der Waals surface area contributed by atoms with Gasteiger partial charge in [-0.25, -0.2) is 4.39 Å². The molecule has 22 heavy (non-hydrogen) atoms. The summed E-state index contributed by atoms with van der Waals surface area (Å²) < 4.78 is 13.3. The maximum atomic E-state index is 13.3. The van der Waals surface area contributed by atoms with Crippen molar-refractivity contribution in [1.82, 2.24) is 4.90 Å². The van der Waals surface area contributed by atoms with Gasteiger partial charge in [0.15, 0.2) is 0 Å². The normalized spacial score (nSPS) is 14.0. The van der Waals surface area contributed by atoms with Gasteiger partial charge in [0.2, 0.25) is 0 Å². The summed E-state index contributed by atoms with van der Waals surface area (Å²) >= 11 is 12.1. The second kappa shape index (κ2) is 6.27.